The molecule has 0 bridgehead atoms. The Kier molecular flexibility index (Phi) is 4.22. The summed E-state index contributed by atoms with van der Waals surface area (Å²) in [4.78, 5) is 10.7. The van der Waals surface area contributed by atoms with E-state index >= 15 is 0 Å². The minimum atomic E-state index is -1.09. The molecule has 1 aromatic carbocycles. The number of aliphatic hydroxyl groups is 1. The number of carboxylic acids is 1. The smallest absolute Gasteiger partial charge is 0.371 e. The van der Waals surface area contributed by atoms with Gasteiger partial charge in [-0.15, -0.1) is 0 Å². The molecule has 3 N–H and O–H groups in total. The SMILES string of the molecule is CC(CO)(NCc1ccc(C(=O)O)o1)c1ccccc1. The zero-order valence-corrected chi connectivity index (χ0v) is 11.2. The van der Waals surface area contributed by atoms with Crippen molar-refractivity contribution in [3.8, 4) is 0 Å². The van der Waals surface area contributed by atoms with Gasteiger partial charge in [-0.2, -0.15) is 0 Å². The van der Waals surface area contributed by atoms with Gasteiger partial charge in [-0.3, -0.25) is 5.32 Å². The van der Waals surface area contributed by atoms with Gasteiger partial charge < -0.3 is 14.6 Å². The molecule has 2 rings (SSSR count). The number of furan rings is 1. The van der Waals surface area contributed by atoms with E-state index in [9.17, 15) is 9.90 Å². The molecule has 1 atom stereocenters. The molecule has 1 aromatic heterocycles. The number of rotatable bonds is 6. The van der Waals surface area contributed by atoms with Crippen molar-refractivity contribution >= 4 is 5.97 Å². The van der Waals surface area contributed by atoms with Crippen LogP contribution in [0.5, 0.6) is 0 Å². The monoisotopic (exact) mass is 275 g/mol. The fourth-order valence-corrected chi connectivity index (χ4v) is 1.93. The highest BCUT2D eigenvalue weighted by atomic mass is 16.4. The molecular formula is C15H17NO4. The molecular weight excluding hydrogens is 258 g/mol. The molecule has 1 unspecified atom stereocenters. The number of aliphatic hydroxyl groups excluding tert-OH is 1. The molecule has 2 aromatic rings. The van der Waals surface area contributed by atoms with Gasteiger partial charge in [-0.05, 0) is 24.6 Å². The van der Waals surface area contributed by atoms with Crippen LogP contribution in [0.2, 0.25) is 0 Å². The molecule has 0 spiro atoms. The number of hydrogen-bond donors (Lipinski definition) is 3. The lowest BCUT2D eigenvalue weighted by atomic mass is 9.93. The molecule has 0 saturated heterocycles. The van der Waals surface area contributed by atoms with E-state index in [2.05, 4.69) is 5.32 Å². The number of carbonyl (C=O) groups is 1. The van der Waals surface area contributed by atoms with Crippen LogP contribution in [0.15, 0.2) is 46.9 Å². The van der Waals surface area contributed by atoms with E-state index in [1.807, 2.05) is 37.3 Å². The third-order valence-corrected chi connectivity index (χ3v) is 3.25. The minimum absolute atomic E-state index is 0.0799. The van der Waals surface area contributed by atoms with Gasteiger partial charge in [0, 0.05) is 0 Å². The lowest BCUT2D eigenvalue weighted by Crippen LogP contribution is -2.42. The molecule has 0 aliphatic rings. The van der Waals surface area contributed by atoms with Gasteiger partial charge in [0.2, 0.25) is 5.76 Å². The largest absolute Gasteiger partial charge is 0.475 e. The first-order valence-corrected chi connectivity index (χ1v) is 6.28. The molecule has 1 heterocycles. The van der Waals surface area contributed by atoms with E-state index in [1.54, 1.807) is 6.07 Å². The summed E-state index contributed by atoms with van der Waals surface area (Å²) in [6.07, 6.45) is 0. The summed E-state index contributed by atoms with van der Waals surface area (Å²) in [7, 11) is 0. The standard InChI is InChI=1S/C15H17NO4/c1-15(10-17,11-5-3-2-4-6-11)16-9-12-7-8-13(20-12)14(18)19/h2-8,16-17H,9-10H2,1H3,(H,18,19). The third-order valence-electron chi connectivity index (χ3n) is 3.25. The van der Waals surface area contributed by atoms with Crippen LogP contribution in [0.3, 0.4) is 0 Å². The van der Waals surface area contributed by atoms with Crippen LogP contribution in [-0.4, -0.2) is 22.8 Å². The van der Waals surface area contributed by atoms with Crippen molar-refractivity contribution < 1.29 is 19.4 Å². The van der Waals surface area contributed by atoms with Crippen LogP contribution in [-0.2, 0) is 12.1 Å². The van der Waals surface area contributed by atoms with E-state index in [1.165, 1.54) is 6.07 Å². The van der Waals surface area contributed by atoms with Gasteiger partial charge in [0.15, 0.2) is 0 Å². The van der Waals surface area contributed by atoms with E-state index in [4.69, 9.17) is 9.52 Å². The highest BCUT2D eigenvalue weighted by Gasteiger charge is 2.25. The van der Waals surface area contributed by atoms with E-state index in [-0.39, 0.29) is 12.4 Å². The van der Waals surface area contributed by atoms with E-state index in [0.29, 0.717) is 12.3 Å². The first kappa shape index (κ1) is 14.3. The summed E-state index contributed by atoms with van der Waals surface area (Å²) < 4.78 is 5.18. The highest BCUT2D eigenvalue weighted by Crippen LogP contribution is 2.20. The lowest BCUT2D eigenvalue weighted by molar-refractivity contribution is 0.0659. The molecule has 5 heteroatoms. The Labute approximate surface area is 116 Å². The molecule has 0 aliphatic heterocycles. The fraction of sp³-hybridized carbons (Fsp3) is 0.267. The van der Waals surface area contributed by atoms with Crippen LogP contribution < -0.4 is 5.32 Å². The Hall–Kier alpha value is -2.11. The maximum absolute atomic E-state index is 10.7. The fourth-order valence-electron chi connectivity index (χ4n) is 1.93. The Bertz CT molecular complexity index is 579. The average molecular weight is 275 g/mol. The predicted octanol–water partition coefficient (Wildman–Crippen LogP) is 1.98. The normalized spacial score (nSPS) is 13.9. The van der Waals surface area contributed by atoms with E-state index in [0.717, 1.165) is 5.56 Å². The van der Waals surface area contributed by atoms with Gasteiger partial charge in [-0.25, -0.2) is 4.79 Å². The van der Waals surface area contributed by atoms with Gasteiger partial charge in [-0.1, -0.05) is 30.3 Å². The van der Waals surface area contributed by atoms with Crippen LogP contribution in [0.25, 0.3) is 0 Å². The number of benzene rings is 1. The number of carboxylic acid groups (broad SMARTS) is 1. The van der Waals surface area contributed by atoms with Crippen molar-refractivity contribution in [1.82, 2.24) is 5.32 Å². The molecule has 0 radical (unpaired) electrons. The molecule has 0 aliphatic carbocycles. The number of hydrogen-bond acceptors (Lipinski definition) is 4. The maximum atomic E-state index is 10.7. The van der Waals surface area contributed by atoms with Gasteiger partial charge >= 0.3 is 5.97 Å². The minimum Gasteiger partial charge on any atom is -0.475 e. The number of aromatic carboxylic acids is 1. The van der Waals surface area contributed by atoms with Crippen molar-refractivity contribution in [2.45, 2.75) is 19.0 Å². The van der Waals surface area contributed by atoms with E-state index < -0.39 is 11.5 Å². The Morgan fingerprint density at radius 1 is 1.25 bits per heavy atom. The van der Waals surface area contributed by atoms with Crippen molar-refractivity contribution in [3.63, 3.8) is 0 Å². The van der Waals surface area contributed by atoms with Crippen molar-refractivity contribution in [2.24, 2.45) is 0 Å². The zero-order valence-electron chi connectivity index (χ0n) is 11.2. The lowest BCUT2D eigenvalue weighted by Gasteiger charge is -2.29. The molecule has 0 saturated carbocycles. The Morgan fingerprint density at radius 3 is 2.50 bits per heavy atom. The summed E-state index contributed by atoms with van der Waals surface area (Å²) >= 11 is 0. The quantitative estimate of drug-likeness (QED) is 0.751. The first-order valence-electron chi connectivity index (χ1n) is 6.28. The highest BCUT2D eigenvalue weighted by molar-refractivity contribution is 5.84. The topological polar surface area (TPSA) is 82.7 Å². The third kappa shape index (κ3) is 3.07. The Balaban J connectivity index is 2.08. The summed E-state index contributed by atoms with van der Waals surface area (Å²) in [6.45, 7) is 2.13. The van der Waals surface area contributed by atoms with Gasteiger partial charge in [0.1, 0.15) is 5.76 Å². The molecule has 0 fully saturated rings. The molecule has 0 amide bonds. The van der Waals surface area contributed by atoms with Crippen LogP contribution in [0.4, 0.5) is 0 Å². The van der Waals surface area contributed by atoms with Crippen LogP contribution in [0.1, 0.15) is 28.8 Å². The van der Waals surface area contributed by atoms with Crippen molar-refractivity contribution in [1.29, 1.82) is 0 Å². The molecule has 5 nitrogen and oxygen atoms in total. The van der Waals surface area contributed by atoms with Crippen LogP contribution in [0, 0.1) is 0 Å². The predicted molar refractivity (Wildman–Crippen MR) is 73.4 cm³/mol. The summed E-state index contributed by atoms with van der Waals surface area (Å²) in [5.41, 5.74) is 0.338. The average Bonchev–Trinajstić information content (AvgIpc) is 2.95. The molecule has 106 valence electrons. The van der Waals surface area contributed by atoms with Gasteiger partial charge in [0.25, 0.3) is 0 Å². The first-order chi connectivity index (χ1) is 9.55. The zero-order chi connectivity index (χ0) is 14.6. The van der Waals surface area contributed by atoms with Gasteiger partial charge in [0.05, 0.1) is 18.7 Å². The second-order valence-corrected chi connectivity index (χ2v) is 4.78. The number of nitrogens with one attached hydrogen (secondary N) is 1. The Morgan fingerprint density at radius 2 is 1.95 bits per heavy atom. The van der Waals surface area contributed by atoms with Crippen molar-refractivity contribution in [2.75, 3.05) is 6.61 Å². The second-order valence-electron chi connectivity index (χ2n) is 4.78. The summed E-state index contributed by atoms with van der Waals surface area (Å²) in [6, 6.07) is 12.6. The van der Waals surface area contributed by atoms with Crippen molar-refractivity contribution in [3.05, 3.63) is 59.5 Å². The van der Waals surface area contributed by atoms with Crippen LogP contribution >= 0.6 is 0 Å². The summed E-state index contributed by atoms with van der Waals surface area (Å²) in [5, 5.41) is 21.6. The summed E-state index contributed by atoms with van der Waals surface area (Å²) in [5.74, 6) is -0.672. The maximum Gasteiger partial charge on any atom is 0.371 e. The molecule has 20 heavy (non-hydrogen) atoms. The second kappa shape index (κ2) is 5.90.